The minimum atomic E-state index is -4.43. The van der Waals surface area contributed by atoms with Crippen LogP contribution in [0.15, 0.2) is 47.1 Å². The molecule has 2 rings (SSSR count). The molecule has 1 heterocycles. The van der Waals surface area contributed by atoms with Crippen LogP contribution in [0.4, 0.5) is 13.2 Å². The van der Waals surface area contributed by atoms with E-state index in [2.05, 4.69) is 5.32 Å². The predicted molar refractivity (Wildman–Crippen MR) is 79.0 cm³/mol. The lowest BCUT2D eigenvalue weighted by Crippen LogP contribution is -2.38. The molecule has 0 aliphatic heterocycles. The van der Waals surface area contributed by atoms with Crippen LogP contribution in [0.1, 0.15) is 21.7 Å². The molecule has 5 nitrogen and oxygen atoms in total. The van der Waals surface area contributed by atoms with Crippen molar-refractivity contribution in [2.45, 2.75) is 12.7 Å². The molecule has 1 aromatic heterocycles. The molecule has 0 atom stereocenters. The molecule has 0 bridgehead atoms. The van der Waals surface area contributed by atoms with Crippen molar-refractivity contribution in [3.05, 3.63) is 59.5 Å². The number of furan rings is 1. The van der Waals surface area contributed by atoms with Gasteiger partial charge in [0, 0.05) is 13.6 Å². The van der Waals surface area contributed by atoms with Crippen LogP contribution in [0, 0.1) is 0 Å². The maximum atomic E-state index is 12.6. The molecule has 0 saturated heterocycles. The van der Waals surface area contributed by atoms with Gasteiger partial charge in [0.2, 0.25) is 5.91 Å². The molecule has 0 radical (unpaired) electrons. The molecular formula is C16H15F3N2O3. The summed E-state index contributed by atoms with van der Waals surface area (Å²) < 4.78 is 42.8. The normalized spacial score (nSPS) is 11.2. The summed E-state index contributed by atoms with van der Waals surface area (Å²) >= 11 is 0. The van der Waals surface area contributed by atoms with Crippen LogP contribution < -0.4 is 5.32 Å². The van der Waals surface area contributed by atoms with Gasteiger partial charge in [0.15, 0.2) is 5.76 Å². The third-order valence-corrected chi connectivity index (χ3v) is 3.20. The quantitative estimate of drug-likeness (QED) is 0.910. The van der Waals surface area contributed by atoms with Gasteiger partial charge < -0.3 is 14.6 Å². The largest absolute Gasteiger partial charge is 0.459 e. The van der Waals surface area contributed by atoms with Gasteiger partial charge in [0.05, 0.1) is 18.4 Å². The number of amides is 2. The zero-order valence-electron chi connectivity index (χ0n) is 12.8. The Hall–Kier alpha value is -2.77. The molecule has 0 unspecified atom stereocenters. The van der Waals surface area contributed by atoms with E-state index in [9.17, 15) is 22.8 Å². The molecule has 2 amide bonds. The fourth-order valence-corrected chi connectivity index (χ4v) is 1.99. The number of alkyl halides is 3. The number of hydrogen-bond acceptors (Lipinski definition) is 3. The third-order valence-electron chi connectivity index (χ3n) is 3.20. The SMILES string of the molecule is CN(CC(=O)NCc1cccc(C(F)(F)F)c1)C(=O)c1ccco1. The van der Waals surface area contributed by atoms with Crippen LogP contribution in [0.3, 0.4) is 0 Å². The lowest BCUT2D eigenvalue weighted by Gasteiger charge is -2.15. The molecule has 1 aromatic carbocycles. The Morgan fingerprint density at radius 1 is 1.21 bits per heavy atom. The Kier molecular flexibility index (Phi) is 5.28. The van der Waals surface area contributed by atoms with Crippen molar-refractivity contribution in [3.63, 3.8) is 0 Å². The zero-order chi connectivity index (χ0) is 17.7. The number of benzene rings is 1. The fourth-order valence-electron chi connectivity index (χ4n) is 1.99. The summed E-state index contributed by atoms with van der Waals surface area (Å²) in [5.74, 6) is -0.854. The van der Waals surface area contributed by atoms with Gasteiger partial charge in [-0.15, -0.1) is 0 Å². The van der Waals surface area contributed by atoms with E-state index in [1.807, 2.05) is 0 Å². The molecule has 0 fully saturated rings. The highest BCUT2D eigenvalue weighted by atomic mass is 19.4. The number of likely N-dealkylation sites (N-methyl/N-ethyl adjacent to an activating group) is 1. The van der Waals surface area contributed by atoms with Crippen molar-refractivity contribution in [2.75, 3.05) is 13.6 Å². The van der Waals surface area contributed by atoms with Crippen molar-refractivity contribution >= 4 is 11.8 Å². The maximum absolute atomic E-state index is 12.6. The van der Waals surface area contributed by atoms with Gasteiger partial charge >= 0.3 is 6.18 Å². The monoisotopic (exact) mass is 340 g/mol. The van der Waals surface area contributed by atoms with Crippen LogP contribution >= 0.6 is 0 Å². The summed E-state index contributed by atoms with van der Waals surface area (Å²) in [6.45, 7) is -0.302. The summed E-state index contributed by atoms with van der Waals surface area (Å²) in [6, 6.07) is 7.71. The minimum Gasteiger partial charge on any atom is -0.459 e. The van der Waals surface area contributed by atoms with E-state index in [4.69, 9.17) is 4.42 Å². The second-order valence-corrected chi connectivity index (χ2v) is 5.11. The van der Waals surface area contributed by atoms with E-state index >= 15 is 0 Å². The van der Waals surface area contributed by atoms with Crippen LogP contribution in [0.2, 0.25) is 0 Å². The third kappa shape index (κ3) is 4.61. The average molecular weight is 340 g/mol. The molecule has 0 saturated carbocycles. The van der Waals surface area contributed by atoms with E-state index in [1.54, 1.807) is 6.07 Å². The Morgan fingerprint density at radius 3 is 2.58 bits per heavy atom. The number of rotatable bonds is 5. The van der Waals surface area contributed by atoms with Crippen molar-refractivity contribution < 1.29 is 27.2 Å². The van der Waals surface area contributed by atoms with Crippen LogP contribution in [-0.2, 0) is 17.5 Å². The van der Waals surface area contributed by atoms with Gasteiger partial charge in [-0.2, -0.15) is 13.2 Å². The van der Waals surface area contributed by atoms with Gasteiger partial charge in [-0.05, 0) is 29.8 Å². The van der Waals surface area contributed by atoms with Crippen molar-refractivity contribution in [1.29, 1.82) is 0 Å². The first kappa shape index (κ1) is 17.6. The Morgan fingerprint density at radius 2 is 1.96 bits per heavy atom. The zero-order valence-corrected chi connectivity index (χ0v) is 12.8. The first-order chi connectivity index (χ1) is 11.3. The highest BCUT2D eigenvalue weighted by molar-refractivity contribution is 5.94. The number of nitrogens with one attached hydrogen (secondary N) is 1. The van der Waals surface area contributed by atoms with Crippen LogP contribution in [0.25, 0.3) is 0 Å². The second-order valence-electron chi connectivity index (χ2n) is 5.11. The van der Waals surface area contributed by atoms with E-state index in [1.165, 1.54) is 31.5 Å². The summed E-state index contributed by atoms with van der Waals surface area (Å²) in [5.41, 5.74) is -0.461. The number of halogens is 3. The van der Waals surface area contributed by atoms with E-state index in [0.717, 1.165) is 17.0 Å². The van der Waals surface area contributed by atoms with Gasteiger partial charge in [0.25, 0.3) is 5.91 Å². The van der Waals surface area contributed by atoms with E-state index in [0.29, 0.717) is 5.56 Å². The molecule has 128 valence electrons. The van der Waals surface area contributed by atoms with Crippen molar-refractivity contribution in [1.82, 2.24) is 10.2 Å². The molecular weight excluding hydrogens is 325 g/mol. The Bertz CT molecular complexity index is 712. The fraction of sp³-hybridized carbons (Fsp3) is 0.250. The Balaban J connectivity index is 1.88. The standard InChI is InChI=1S/C16H15F3N2O3/c1-21(15(23)13-6-3-7-24-13)10-14(22)20-9-11-4-2-5-12(8-11)16(17,18)19/h2-8H,9-10H2,1H3,(H,20,22). The number of carbonyl (C=O) groups excluding carboxylic acids is 2. The molecule has 8 heteroatoms. The molecule has 0 aliphatic carbocycles. The number of carbonyl (C=O) groups is 2. The average Bonchev–Trinajstić information content (AvgIpc) is 3.06. The molecule has 2 aromatic rings. The summed E-state index contributed by atoms with van der Waals surface area (Å²) in [4.78, 5) is 24.9. The maximum Gasteiger partial charge on any atom is 0.416 e. The molecule has 0 aliphatic rings. The topological polar surface area (TPSA) is 62.6 Å². The van der Waals surface area contributed by atoms with Gasteiger partial charge in [-0.3, -0.25) is 9.59 Å². The van der Waals surface area contributed by atoms with Crippen LogP contribution in [-0.4, -0.2) is 30.3 Å². The first-order valence-corrected chi connectivity index (χ1v) is 6.99. The number of nitrogens with zero attached hydrogens (tertiary/aromatic N) is 1. The summed E-state index contributed by atoms with van der Waals surface area (Å²) in [6.07, 6.45) is -3.09. The molecule has 0 spiro atoms. The molecule has 24 heavy (non-hydrogen) atoms. The van der Waals surface area contributed by atoms with E-state index < -0.39 is 23.6 Å². The Labute approximate surface area is 136 Å². The summed E-state index contributed by atoms with van der Waals surface area (Å²) in [5, 5.41) is 2.48. The lowest BCUT2D eigenvalue weighted by atomic mass is 10.1. The predicted octanol–water partition coefficient (Wildman–Crippen LogP) is 2.69. The minimum absolute atomic E-state index is 0.0640. The molecule has 1 N–H and O–H groups in total. The lowest BCUT2D eigenvalue weighted by molar-refractivity contribution is -0.137. The highest BCUT2D eigenvalue weighted by Crippen LogP contribution is 2.29. The number of hydrogen-bond donors (Lipinski definition) is 1. The summed E-state index contributed by atoms with van der Waals surface area (Å²) in [7, 11) is 1.43. The second kappa shape index (κ2) is 7.20. The van der Waals surface area contributed by atoms with Gasteiger partial charge in [0.1, 0.15) is 0 Å². The first-order valence-electron chi connectivity index (χ1n) is 6.99. The highest BCUT2D eigenvalue weighted by Gasteiger charge is 2.30. The van der Waals surface area contributed by atoms with Gasteiger partial charge in [-0.1, -0.05) is 12.1 Å². The van der Waals surface area contributed by atoms with Crippen molar-refractivity contribution in [3.8, 4) is 0 Å². The van der Waals surface area contributed by atoms with Gasteiger partial charge in [-0.25, -0.2) is 0 Å². The van der Waals surface area contributed by atoms with E-state index in [-0.39, 0.29) is 18.8 Å². The van der Waals surface area contributed by atoms with Crippen molar-refractivity contribution in [2.24, 2.45) is 0 Å². The van der Waals surface area contributed by atoms with Crippen LogP contribution in [0.5, 0.6) is 0 Å². The smallest absolute Gasteiger partial charge is 0.416 e.